The van der Waals surface area contributed by atoms with Crippen molar-refractivity contribution >= 4 is 38.9 Å². The van der Waals surface area contributed by atoms with Gasteiger partial charge in [0.25, 0.3) is 5.91 Å². The standard InChI is InChI=1S/C23H18N2O4S/c26-19-7-3-6-18-21(19)30-23(24-18)25-22(27)20-11-10-17(29-20)13-28-16-9-8-14-4-1-2-5-15(14)12-16/h1-2,4-5,8-12H,3,6-7,13H2,(H,24,25,27). The number of rotatable bonds is 5. The molecule has 2 heterocycles. The van der Waals surface area contributed by atoms with Gasteiger partial charge in [-0.15, -0.1) is 0 Å². The van der Waals surface area contributed by atoms with Gasteiger partial charge in [0.15, 0.2) is 16.7 Å². The van der Waals surface area contributed by atoms with Crippen LogP contribution in [0.25, 0.3) is 10.8 Å². The van der Waals surface area contributed by atoms with E-state index in [1.54, 1.807) is 12.1 Å². The van der Waals surface area contributed by atoms with E-state index in [1.165, 1.54) is 11.3 Å². The first-order valence-corrected chi connectivity index (χ1v) is 10.5. The van der Waals surface area contributed by atoms with Crippen molar-refractivity contribution in [2.75, 3.05) is 5.32 Å². The molecule has 7 heteroatoms. The van der Waals surface area contributed by atoms with Gasteiger partial charge < -0.3 is 9.15 Å². The molecule has 1 aliphatic carbocycles. The van der Waals surface area contributed by atoms with Crippen LogP contribution < -0.4 is 10.1 Å². The lowest BCUT2D eigenvalue weighted by Crippen LogP contribution is -2.11. The van der Waals surface area contributed by atoms with E-state index in [9.17, 15) is 9.59 Å². The molecule has 2 aromatic carbocycles. The zero-order valence-electron chi connectivity index (χ0n) is 16.0. The Hall–Kier alpha value is -3.45. The highest BCUT2D eigenvalue weighted by molar-refractivity contribution is 7.17. The number of hydrogen-bond donors (Lipinski definition) is 1. The highest BCUT2D eigenvalue weighted by atomic mass is 32.1. The van der Waals surface area contributed by atoms with Crippen molar-refractivity contribution in [2.45, 2.75) is 25.9 Å². The molecule has 0 bridgehead atoms. The maximum absolute atomic E-state index is 12.5. The molecule has 0 saturated heterocycles. The average Bonchev–Trinajstić information content (AvgIpc) is 3.40. The predicted molar refractivity (Wildman–Crippen MR) is 114 cm³/mol. The van der Waals surface area contributed by atoms with E-state index in [2.05, 4.69) is 10.3 Å². The molecule has 0 aliphatic heterocycles. The molecule has 5 rings (SSSR count). The summed E-state index contributed by atoms with van der Waals surface area (Å²) in [6.45, 7) is 0.214. The summed E-state index contributed by atoms with van der Waals surface area (Å²) in [5.41, 5.74) is 0.774. The Morgan fingerprint density at radius 2 is 1.97 bits per heavy atom. The Labute approximate surface area is 176 Å². The topological polar surface area (TPSA) is 81.4 Å². The summed E-state index contributed by atoms with van der Waals surface area (Å²) in [7, 11) is 0. The van der Waals surface area contributed by atoms with Crippen LogP contribution in [0.15, 0.2) is 59.0 Å². The number of anilines is 1. The van der Waals surface area contributed by atoms with Gasteiger partial charge in [-0.1, -0.05) is 41.7 Å². The van der Waals surface area contributed by atoms with Gasteiger partial charge in [0.2, 0.25) is 0 Å². The summed E-state index contributed by atoms with van der Waals surface area (Å²) in [5.74, 6) is 1.15. The number of ether oxygens (including phenoxy) is 1. The molecule has 0 unspecified atom stereocenters. The van der Waals surface area contributed by atoms with E-state index in [0.717, 1.165) is 35.1 Å². The number of amides is 1. The minimum Gasteiger partial charge on any atom is -0.486 e. The first kappa shape index (κ1) is 18.6. The van der Waals surface area contributed by atoms with Gasteiger partial charge >= 0.3 is 0 Å². The third-order valence-electron chi connectivity index (χ3n) is 4.98. The Balaban J connectivity index is 1.23. The smallest absolute Gasteiger partial charge is 0.293 e. The molecule has 150 valence electrons. The Morgan fingerprint density at radius 3 is 2.83 bits per heavy atom. The van der Waals surface area contributed by atoms with Crippen LogP contribution in [-0.2, 0) is 13.0 Å². The largest absolute Gasteiger partial charge is 0.486 e. The number of nitrogens with zero attached hydrogens (tertiary/aromatic N) is 1. The quantitative estimate of drug-likeness (QED) is 0.479. The van der Waals surface area contributed by atoms with Gasteiger partial charge in [0, 0.05) is 6.42 Å². The first-order valence-electron chi connectivity index (χ1n) is 9.70. The molecule has 30 heavy (non-hydrogen) atoms. The van der Waals surface area contributed by atoms with E-state index in [0.29, 0.717) is 22.2 Å². The molecule has 2 aromatic heterocycles. The second kappa shape index (κ2) is 7.76. The minimum atomic E-state index is -0.398. The van der Waals surface area contributed by atoms with Crippen molar-refractivity contribution in [1.82, 2.24) is 4.98 Å². The molecule has 0 saturated carbocycles. The van der Waals surface area contributed by atoms with E-state index < -0.39 is 5.91 Å². The normalized spacial score (nSPS) is 13.3. The van der Waals surface area contributed by atoms with Crippen LogP contribution in [0.3, 0.4) is 0 Å². The lowest BCUT2D eigenvalue weighted by Gasteiger charge is -2.06. The van der Waals surface area contributed by atoms with Crippen LogP contribution >= 0.6 is 11.3 Å². The van der Waals surface area contributed by atoms with Gasteiger partial charge in [-0.2, -0.15) is 0 Å². The number of aryl methyl sites for hydroxylation is 1. The molecule has 6 nitrogen and oxygen atoms in total. The fourth-order valence-corrected chi connectivity index (χ4v) is 4.44. The van der Waals surface area contributed by atoms with Crippen LogP contribution in [0.2, 0.25) is 0 Å². The monoisotopic (exact) mass is 418 g/mol. The second-order valence-electron chi connectivity index (χ2n) is 7.09. The molecule has 1 N–H and O–H groups in total. The van der Waals surface area contributed by atoms with Crippen LogP contribution in [0.4, 0.5) is 5.13 Å². The number of carbonyl (C=O) groups excluding carboxylic acids is 2. The van der Waals surface area contributed by atoms with Gasteiger partial charge in [-0.05, 0) is 47.9 Å². The van der Waals surface area contributed by atoms with Crippen molar-refractivity contribution in [2.24, 2.45) is 0 Å². The van der Waals surface area contributed by atoms with Gasteiger partial charge in [-0.25, -0.2) is 4.98 Å². The van der Waals surface area contributed by atoms with E-state index >= 15 is 0 Å². The summed E-state index contributed by atoms with van der Waals surface area (Å²) in [5, 5.41) is 5.39. The number of nitrogens with one attached hydrogen (secondary N) is 1. The van der Waals surface area contributed by atoms with Crippen LogP contribution in [0.5, 0.6) is 5.75 Å². The highest BCUT2D eigenvalue weighted by Crippen LogP contribution is 2.30. The van der Waals surface area contributed by atoms with Crippen LogP contribution in [0.1, 0.15) is 44.5 Å². The molecule has 0 spiro atoms. The van der Waals surface area contributed by atoms with Crippen molar-refractivity contribution in [1.29, 1.82) is 0 Å². The van der Waals surface area contributed by atoms with Crippen molar-refractivity contribution in [3.8, 4) is 5.75 Å². The molecule has 1 amide bonds. The average molecular weight is 418 g/mol. The fourth-order valence-electron chi connectivity index (χ4n) is 3.47. The number of ketones is 1. The first-order chi connectivity index (χ1) is 14.7. The SMILES string of the molecule is O=C(Nc1nc2c(s1)C(=O)CCC2)c1ccc(COc2ccc3ccccc3c2)o1. The number of furan rings is 1. The fraction of sp³-hybridized carbons (Fsp3) is 0.174. The minimum absolute atomic E-state index is 0.0976. The molecule has 4 aromatic rings. The summed E-state index contributed by atoms with van der Waals surface area (Å²) >= 11 is 1.22. The molecular weight excluding hydrogens is 400 g/mol. The number of aromatic nitrogens is 1. The second-order valence-corrected chi connectivity index (χ2v) is 8.09. The molecular formula is C23H18N2O4S. The summed E-state index contributed by atoms with van der Waals surface area (Å²) in [4.78, 5) is 29.4. The lowest BCUT2D eigenvalue weighted by atomic mass is 10.0. The van der Waals surface area contributed by atoms with Crippen molar-refractivity contribution < 1.29 is 18.7 Å². The maximum Gasteiger partial charge on any atom is 0.293 e. The number of Topliss-reactive ketones (excluding diaryl/α,β-unsaturated/α-hetero) is 1. The van der Waals surface area contributed by atoms with Crippen molar-refractivity contribution in [3.63, 3.8) is 0 Å². The Morgan fingerprint density at radius 1 is 1.10 bits per heavy atom. The van der Waals surface area contributed by atoms with Gasteiger partial charge in [0.05, 0.1) is 10.6 Å². The number of fused-ring (bicyclic) bond motifs is 2. The number of benzene rings is 2. The van der Waals surface area contributed by atoms with Crippen LogP contribution in [0, 0.1) is 0 Å². The van der Waals surface area contributed by atoms with Gasteiger partial charge in [0.1, 0.15) is 18.1 Å². The zero-order chi connectivity index (χ0) is 20.5. The van der Waals surface area contributed by atoms with Crippen LogP contribution in [-0.4, -0.2) is 16.7 Å². The predicted octanol–water partition coefficient (Wildman–Crippen LogP) is 5.24. The Bertz CT molecular complexity index is 1260. The third kappa shape index (κ3) is 3.71. The molecule has 0 radical (unpaired) electrons. The lowest BCUT2D eigenvalue weighted by molar-refractivity contribution is 0.0973. The maximum atomic E-state index is 12.5. The molecule has 1 aliphatic rings. The number of hydrogen-bond acceptors (Lipinski definition) is 6. The van der Waals surface area contributed by atoms with E-state index in [4.69, 9.17) is 9.15 Å². The summed E-state index contributed by atoms with van der Waals surface area (Å²) in [6.07, 6.45) is 2.12. The summed E-state index contributed by atoms with van der Waals surface area (Å²) < 4.78 is 11.4. The highest BCUT2D eigenvalue weighted by Gasteiger charge is 2.23. The third-order valence-corrected chi connectivity index (χ3v) is 6.03. The van der Waals surface area contributed by atoms with E-state index in [-0.39, 0.29) is 18.2 Å². The molecule has 0 atom stereocenters. The Kier molecular flexibility index (Phi) is 4.80. The zero-order valence-corrected chi connectivity index (χ0v) is 16.8. The summed E-state index contributed by atoms with van der Waals surface area (Å²) in [6, 6.07) is 17.3. The van der Waals surface area contributed by atoms with Gasteiger partial charge in [-0.3, -0.25) is 14.9 Å². The number of thiazole rings is 1. The van der Waals surface area contributed by atoms with Crippen molar-refractivity contribution in [3.05, 3.63) is 76.7 Å². The molecule has 0 fully saturated rings. The van der Waals surface area contributed by atoms with E-state index in [1.807, 2.05) is 42.5 Å². The number of carbonyl (C=O) groups is 2.